The van der Waals surface area contributed by atoms with E-state index in [-0.39, 0.29) is 6.04 Å². The predicted octanol–water partition coefficient (Wildman–Crippen LogP) is 1.40. The first kappa shape index (κ1) is 13.3. The average Bonchev–Trinajstić information content (AvgIpc) is 2.05. The maximum atomic E-state index is 11.4. The number of aliphatic hydroxyl groups is 1. The van der Waals surface area contributed by atoms with E-state index in [1.165, 1.54) is 0 Å². The van der Waals surface area contributed by atoms with Crippen molar-refractivity contribution in [2.24, 2.45) is 0 Å². The van der Waals surface area contributed by atoms with E-state index in [0.29, 0.717) is 19.4 Å². The summed E-state index contributed by atoms with van der Waals surface area (Å²) in [4.78, 5) is 11.4. The lowest BCUT2D eigenvalue weighted by atomic mass is 10.0. The number of ether oxygens (including phenoxy) is 2. The zero-order chi connectivity index (χ0) is 12.4. The van der Waals surface area contributed by atoms with Crippen LogP contribution in [-0.4, -0.2) is 35.2 Å². The van der Waals surface area contributed by atoms with Gasteiger partial charge in [0.2, 0.25) is 0 Å². The molecule has 5 nitrogen and oxygen atoms in total. The summed E-state index contributed by atoms with van der Waals surface area (Å²) < 4.78 is 10.3. The SMILES string of the molecule is CC(C)(C)OC(=O)NC1CCC(C)(O)OC1. The monoisotopic (exact) mass is 231 g/mol. The second-order valence-corrected chi connectivity index (χ2v) is 5.37. The van der Waals surface area contributed by atoms with Crippen molar-refractivity contribution in [3.63, 3.8) is 0 Å². The minimum atomic E-state index is -1.06. The van der Waals surface area contributed by atoms with Gasteiger partial charge in [-0.1, -0.05) is 0 Å². The van der Waals surface area contributed by atoms with Gasteiger partial charge in [0, 0.05) is 6.42 Å². The molecule has 0 aromatic carbocycles. The number of rotatable bonds is 1. The largest absolute Gasteiger partial charge is 0.444 e. The van der Waals surface area contributed by atoms with Crippen molar-refractivity contribution >= 4 is 6.09 Å². The molecule has 1 aliphatic heterocycles. The molecule has 5 heteroatoms. The summed E-state index contributed by atoms with van der Waals surface area (Å²) in [7, 11) is 0. The molecule has 0 aromatic heterocycles. The van der Waals surface area contributed by atoms with Crippen molar-refractivity contribution < 1.29 is 19.4 Å². The van der Waals surface area contributed by atoms with Gasteiger partial charge in [0.15, 0.2) is 5.79 Å². The van der Waals surface area contributed by atoms with Crippen LogP contribution < -0.4 is 5.32 Å². The molecular weight excluding hydrogens is 210 g/mol. The third-order valence-electron chi connectivity index (χ3n) is 2.27. The Morgan fingerprint density at radius 1 is 1.56 bits per heavy atom. The Morgan fingerprint density at radius 2 is 2.19 bits per heavy atom. The summed E-state index contributed by atoms with van der Waals surface area (Å²) in [6.45, 7) is 7.38. The van der Waals surface area contributed by atoms with Crippen LogP contribution in [0.1, 0.15) is 40.5 Å². The van der Waals surface area contributed by atoms with E-state index < -0.39 is 17.5 Å². The van der Waals surface area contributed by atoms with Crippen molar-refractivity contribution in [2.45, 2.75) is 58.0 Å². The van der Waals surface area contributed by atoms with Crippen LogP contribution in [-0.2, 0) is 9.47 Å². The molecule has 0 aliphatic carbocycles. The van der Waals surface area contributed by atoms with Gasteiger partial charge in [-0.2, -0.15) is 0 Å². The molecule has 0 radical (unpaired) electrons. The van der Waals surface area contributed by atoms with Gasteiger partial charge >= 0.3 is 6.09 Å². The molecule has 0 saturated carbocycles. The molecule has 1 fully saturated rings. The molecule has 94 valence electrons. The van der Waals surface area contributed by atoms with Crippen LogP contribution in [0.15, 0.2) is 0 Å². The third kappa shape index (κ3) is 4.81. The van der Waals surface area contributed by atoms with E-state index in [2.05, 4.69) is 5.32 Å². The van der Waals surface area contributed by atoms with Crippen molar-refractivity contribution in [3.8, 4) is 0 Å². The highest BCUT2D eigenvalue weighted by molar-refractivity contribution is 5.68. The van der Waals surface area contributed by atoms with Crippen LogP contribution in [0.4, 0.5) is 4.79 Å². The van der Waals surface area contributed by atoms with Crippen LogP contribution in [0.3, 0.4) is 0 Å². The number of carbonyl (C=O) groups is 1. The molecular formula is C11H21NO4. The maximum absolute atomic E-state index is 11.4. The highest BCUT2D eigenvalue weighted by Crippen LogP contribution is 2.21. The van der Waals surface area contributed by atoms with Gasteiger partial charge in [-0.25, -0.2) is 4.79 Å². The Morgan fingerprint density at radius 3 is 2.62 bits per heavy atom. The Kier molecular flexibility index (Phi) is 3.80. The molecule has 0 spiro atoms. The standard InChI is InChI=1S/C11H21NO4/c1-10(2,3)16-9(13)12-8-5-6-11(4,14)15-7-8/h8,14H,5-7H2,1-4H3,(H,12,13). The molecule has 2 N–H and O–H groups in total. The molecule has 1 saturated heterocycles. The van der Waals surface area contributed by atoms with Gasteiger partial charge in [0.05, 0.1) is 12.6 Å². The quantitative estimate of drug-likeness (QED) is 0.715. The molecule has 16 heavy (non-hydrogen) atoms. The number of alkyl carbamates (subject to hydrolysis) is 1. The Hall–Kier alpha value is -0.810. The van der Waals surface area contributed by atoms with E-state index in [1.807, 2.05) is 20.8 Å². The first-order valence-corrected chi connectivity index (χ1v) is 5.54. The van der Waals surface area contributed by atoms with Crippen LogP contribution >= 0.6 is 0 Å². The molecule has 1 aliphatic rings. The van der Waals surface area contributed by atoms with Gasteiger partial charge < -0.3 is 19.9 Å². The summed E-state index contributed by atoms with van der Waals surface area (Å²) in [6.07, 6.45) is 0.752. The average molecular weight is 231 g/mol. The molecule has 1 heterocycles. The zero-order valence-electron chi connectivity index (χ0n) is 10.4. The van der Waals surface area contributed by atoms with E-state index in [0.717, 1.165) is 0 Å². The number of hydrogen-bond donors (Lipinski definition) is 2. The van der Waals surface area contributed by atoms with Crippen molar-refractivity contribution in [3.05, 3.63) is 0 Å². The Labute approximate surface area is 96.1 Å². The Bertz CT molecular complexity index is 247. The van der Waals surface area contributed by atoms with Crippen molar-refractivity contribution in [1.29, 1.82) is 0 Å². The van der Waals surface area contributed by atoms with Gasteiger partial charge in [0.25, 0.3) is 0 Å². The van der Waals surface area contributed by atoms with Gasteiger partial charge in [-0.15, -0.1) is 0 Å². The molecule has 2 atom stereocenters. The van der Waals surface area contributed by atoms with Crippen LogP contribution in [0, 0.1) is 0 Å². The summed E-state index contributed by atoms with van der Waals surface area (Å²) >= 11 is 0. The minimum Gasteiger partial charge on any atom is -0.444 e. The lowest BCUT2D eigenvalue weighted by Gasteiger charge is -2.33. The van der Waals surface area contributed by atoms with E-state index >= 15 is 0 Å². The normalized spacial score (nSPS) is 30.9. The fourth-order valence-electron chi connectivity index (χ4n) is 1.47. The second kappa shape index (κ2) is 4.59. The van der Waals surface area contributed by atoms with Gasteiger partial charge in [-0.3, -0.25) is 0 Å². The van der Waals surface area contributed by atoms with E-state index in [9.17, 15) is 9.90 Å². The molecule has 0 aromatic rings. The summed E-state index contributed by atoms with van der Waals surface area (Å²) in [6, 6.07) is -0.0879. The lowest BCUT2D eigenvalue weighted by Crippen LogP contribution is -2.48. The maximum Gasteiger partial charge on any atom is 0.407 e. The highest BCUT2D eigenvalue weighted by Gasteiger charge is 2.30. The fourth-order valence-corrected chi connectivity index (χ4v) is 1.47. The van der Waals surface area contributed by atoms with E-state index in [4.69, 9.17) is 9.47 Å². The highest BCUT2D eigenvalue weighted by atomic mass is 16.6. The first-order chi connectivity index (χ1) is 7.18. The number of nitrogens with one attached hydrogen (secondary N) is 1. The summed E-state index contributed by atoms with van der Waals surface area (Å²) in [5, 5.41) is 12.3. The lowest BCUT2D eigenvalue weighted by molar-refractivity contribution is -0.216. The van der Waals surface area contributed by atoms with Gasteiger partial charge in [-0.05, 0) is 34.1 Å². The molecule has 0 bridgehead atoms. The second-order valence-electron chi connectivity index (χ2n) is 5.37. The topological polar surface area (TPSA) is 67.8 Å². The van der Waals surface area contributed by atoms with Crippen LogP contribution in [0.25, 0.3) is 0 Å². The van der Waals surface area contributed by atoms with Crippen molar-refractivity contribution in [1.82, 2.24) is 5.32 Å². The minimum absolute atomic E-state index is 0.0879. The van der Waals surface area contributed by atoms with Crippen LogP contribution in [0.2, 0.25) is 0 Å². The summed E-state index contributed by atoms with van der Waals surface area (Å²) in [5.41, 5.74) is -0.495. The number of amides is 1. The summed E-state index contributed by atoms with van der Waals surface area (Å²) in [5.74, 6) is -1.06. The number of hydrogen-bond acceptors (Lipinski definition) is 4. The number of carbonyl (C=O) groups excluding carboxylic acids is 1. The fraction of sp³-hybridized carbons (Fsp3) is 0.909. The molecule has 2 unspecified atom stereocenters. The molecule has 1 rings (SSSR count). The molecule has 1 amide bonds. The van der Waals surface area contributed by atoms with Crippen LogP contribution in [0.5, 0.6) is 0 Å². The third-order valence-corrected chi connectivity index (χ3v) is 2.27. The van der Waals surface area contributed by atoms with E-state index in [1.54, 1.807) is 6.92 Å². The van der Waals surface area contributed by atoms with Crippen molar-refractivity contribution in [2.75, 3.05) is 6.61 Å². The smallest absolute Gasteiger partial charge is 0.407 e. The Balaban J connectivity index is 2.32. The zero-order valence-corrected chi connectivity index (χ0v) is 10.4. The predicted molar refractivity (Wildman–Crippen MR) is 59.0 cm³/mol. The van der Waals surface area contributed by atoms with Gasteiger partial charge in [0.1, 0.15) is 5.60 Å². The first-order valence-electron chi connectivity index (χ1n) is 5.54.